The molecule has 138 valence electrons. The largest absolute Gasteiger partial charge is 0.497 e. The Morgan fingerprint density at radius 2 is 1.73 bits per heavy atom. The van der Waals surface area contributed by atoms with E-state index in [2.05, 4.69) is 0 Å². The number of ether oxygens (including phenoxy) is 1. The predicted octanol–water partition coefficient (Wildman–Crippen LogP) is 2.84. The number of hydrogen-bond acceptors (Lipinski definition) is 4. The summed E-state index contributed by atoms with van der Waals surface area (Å²) in [4.78, 5) is 0.315. The van der Waals surface area contributed by atoms with E-state index in [-0.39, 0.29) is 11.7 Å². The van der Waals surface area contributed by atoms with Gasteiger partial charge < -0.3 is 9.30 Å². The second kappa shape index (κ2) is 6.22. The monoisotopic (exact) mass is 391 g/mol. The number of hydrogen-bond donors (Lipinski definition) is 0. The minimum atomic E-state index is -3.54. The van der Waals surface area contributed by atoms with Crippen LogP contribution in [0.15, 0.2) is 53.4 Å². The van der Waals surface area contributed by atoms with Crippen LogP contribution in [0.1, 0.15) is 12.0 Å². The van der Waals surface area contributed by atoms with Gasteiger partial charge in [0.05, 0.1) is 12.0 Å². The van der Waals surface area contributed by atoms with Crippen molar-refractivity contribution in [1.29, 1.82) is 0 Å². The molecule has 2 aromatic carbocycles. The summed E-state index contributed by atoms with van der Waals surface area (Å²) in [7, 11) is -4.52. The summed E-state index contributed by atoms with van der Waals surface area (Å²) in [6.07, 6.45) is 1.10. The zero-order chi connectivity index (χ0) is 18.5. The number of benzene rings is 2. The van der Waals surface area contributed by atoms with E-state index in [1.807, 2.05) is 43.3 Å². The first-order chi connectivity index (χ1) is 12.3. The smallest absolute Gasteiger partial charge is 0.243 e. The van der Waals surface area contributed by atoms with Crippen LogP contribution in [0.4, 0.5) is 0 Å². The number of rotatable bonds is 4. The van der Waals surface area contributed by atoms with E-state index < -0.39 is 17.2 Å². The molecule has 0 saturated carbocycles. The fraction of sp³-hybridized carbons (Fsp3) is 0.368. The molecule has 4 rings (SSSR count). The molecule has 2 saturated heterocycles. The molecule has 0 spiro atoms. The third-order valence-corrected chi connectivity index (χ3v) is 11.2. The minimum Gasteiger partial charge on any atom is -0.497 e. The molecule has 2 fully saturated rings. The van der Waals surface area contributed by atoms with Crippen molar-refractivity contribution in [2.24, 2.45) is 0 Å². The molecule has 0 aliphatic carbocycles. The molecule has 7 heteroatoms. The summed E-state index contributed by atoms with van der Waals surface area (Å²) < 4.78 is 46.3. The molecule has 3 atom stereocenters. The molecule has 5 nitrogen and oxygen atoms in total. The molecule has 2 bridgehead atoms. The van der Waals surface area contributed by atoms with Gasteiger partial charge in [0.1, 0.15) is 12.9 Å². The van der Waals surface area contributed by atoms with Gasteiger partial charge in [0.2, 0.25) is 10.0 Å². The van der Waals surface area contributed by atoms with Crippen LogP contribution in [0.5, 0.6) is 5.75 Å². The van der Waals surface area contributed by atoms with E-state index in [9.17, 15) is 13.0 Å². The Balaban J connectivity index is 1.59. The van der Waals surface area contributed by atoms with Gasteiger partial charge in [-0.05, 0) is 49.7 Å². The van der Waals surface area contributed by atoms with Gasteiger partial charge in [-0.2, -0.15) is 4.31 Å². The van der Waals surface area contributed by atoms with Crippen LogP contribution in [-0.4, -0.2) is 44.2 Å². The van der Waals surface area contributed by atoms with Gasteiger partial charge in [-0.15, -0.1) is 0 Å². The Kier molecular flexibility index (Phi) is 4.25. The molecular weight excluding hydrogens is 369 g/mol. The van der Waals surface area contributed by atoms with E-state index in [4.69, 9.17) is 4.74 Å². The van der Waals surface area contributed by atoms with Crippen LogP contribution in [0, 0.1) is 6.92 Å². The summed E-state index contributed by atoms with van der Waals surface area (Å²) in [6.45, 7) is 2.27. The Labute approximate surface area is 154 Å². The zero-order valence-electron chi connectivity index (χ0n) is 14.8. The van der Waals surface area contributed by atoms with Gasteiger partial charge >= 0.3 is 0 Å². The molecule has 3 unspecified atom stereocenters. The second-order valence-corrected chi connectivity index (χ2v) is 12.2. The van der Waals surface area contributed by atoms with E-state index in [0.29, 0.717) is 24.0 Å². The third-order valence-electron chi connectivity index (χ3n) is 5.55. The topological polar surface area (TPSA) is 63.7 Å². The molecule has 0 aromatic heterocycles. The molecule has 0 amide bonds. The number of sulfonamides is 1. The molecule has 2 aliphatic rings. The van der Waals surface area contributed by atoms with Crippen molar-refractivity contribution in [2.75, 3.05) is 19.8 Å². The zero-order valence-corrected chi connectivity index (χ0v) is 16.5. The highest BCUT2D eigenvalue weighted by atomic mass is 32.2. The molecule has 0 radical (unpaired) electrons. The van der Waals surface area contributed by atoms with Crippen LogP contribution in [0.3, 0.4) is 0 Å². The van der Waals surface area contributed by atoms with Gasteiger partial charge in [-0.3, -0.25) is 0 Å². The van der Waals surface area contributed by atoms with E-state index in [0.717, 1.165) is 16.6 Å². The molecule has 26 heavy (non-hydrogen) atoms. The van der Waals surface area contributed by atoms with E-state index >= 15 is 0 Å². The lowest BCUT2D eigenvalue weighted by Crippen LogP contribution is -2.41. The van der Waals surface area contributed by atoms with Crippen molar-refractivity contribution < 1.29 is 17.7 Å². The Hall–Kier alpha value is -1.62. The highest BCUT2D eigenvalue weighted by Crippen LogP contribution is 2.62. The number of fused-ring (bicyclic) bond motifs is 2. The van der Waals surface area contributed by atoms with Crippen LogP contribution >= 0.6 is 7.14 Å². The highest BCUT2D eigenvalue weighted by Gasteiger charge is 2.55. The van der Waals surface area contributed by atoms with Crippen molar-refractivity contribution in [2.45, 2.75) is 29.9 Å². The molecule has 2 aromatic rings. The lowest BCUT2D eigenvalue weighted by Gasteiger charge is -2.31. The lowest BCUT2D eigenvalue weighted by atomic mass is 10.2. The van der Waals surface area contributed by atoms with Gasteiger partial charge in [0, 0.05) is 29.7 Å². The first-order valence-electron chi connectivity index (χ1n) is 8.66. The molecule has 0 N–H and O–H groups in total. The molecular formula is C19H22NO4PS. The van der Waals surface area contributed by atoms with Crippen LogP contribution in [-0.2, 0) is 14.6 Å². The molecule has 2 aliphatic heterocycles. The summed E-state index contributed by atoms with van der Waals surface area (Å²) in [5, 5.41) is 0.832. The van der Waals surface area contributed by atoms with Gasteiger partial charge in [0.25, 0.3) is 0 Å². The van der Waals surface area contributed by atoms with Crippen LogP contribution < -0.4 is 10.0 Å². The summed E-state index contributed by atoms with van der Waals surface area (Å²) in [6, 6.07) is 14.1. The Morgan fingerprint density at radius 1 is 1.08 bits per heavy atom. The lowest BCUT2D eigenvalue weighted by molar-refractivity contribution is 0.403. The van der Waals surface area contributed by atoms with E-state index in [1.54, 1.807) is 23.5 Å². The van der Waals surface area contributed by atoms with Crippen molar-refractivity contribution in [3.8, 4) is 5.75 Å². The van der Waals surface area contributed by atoms with Gasteiger partial charge in [-0.1, -0.05) is 17.7 Å². The van der Waals surface area contributed by atoms with Crippen LogP contribution in [0.2, 0.25) is 0 Å². The quantitative estimate of drug-likeness (QED) is 0.752. The third kappa shape index (κ3) is 2.72. The standard InChI is InChI=1S/C19H22NO4PS/c1-14-3-9-19(10-4-14)26(22,23)20-12-18-11-15(20)13-25(18,21)17-7-5-16(24-2)6-8-17/h3-10,15,18H,11-13H2,1-2H3. The van der Waals surface area contributed by atoms with Gasteiger partial charge in [-0.25, -0.2) is 8.42 Å². The normalized spacial score (nSPS) is 28.4. The van der Waals surface area contributed by atoms with Crippen LogP contribution in [0.25, 0.3) is 0 Å². The maximum absolute atomic E-state index is 13.6. The number of nitrogens with zero attached hydrogens (tertiary/aromatic N) is 1. The Morgan fingerprint density at radius 3 is 2.27 bits per heavy atom. The Bertz CT molecular complexity index is 970. The average molecular weight is 391 g/mol. The van der Waals surface area contributed by atoms with Crippen molar-refractivity contribution in [1.82, 2.24) is 4.31 Å². The maximum atomic E-state index is 13.6. The van der Waals surface area contributed by atoms with Gasteiger partial charge in [0.15, 0.2) is 0 Å². The second-order valence-electron chi connectivity index (χ2n) is 7.11. The first kappa shape index (κ1) is 17.8. The van der Waals surface area contributed by atoms with Crippen molar-refractivity contribution in [3.05, 3.63) is 54.1 Å². The number of methoxy groups -OCH3 is 1. The summed E-state index contributed by atoms with van der Waals surface area (Å²) >= 11 is 0. The fourth-order valence-electron chi connectivity index (χ4n) is 4.08. The average Bonchev–Trinajstić information content (AvgIpc) is 3.21. The SMILES string of the molecule is COc1ccc(P2(=O)CC3CC2CN3S(=O)(=O)c2ccc(C)cc2)cc1. The van der Waals surface area contributed by atoms with E-state index in [1.165, 1.54) is 0 Å². The highest BCUT2D eigenvalue weighted by molar-refractivity contribution is 7.89. The first-order valence-corrected chi connectivity index (χ1v) is 12.1. The fourth-order valence-corrected chi connectivity index (χ4v) is 9.57. The molecule has 2 heterocycles. The minimum absolute atomic E-state index is 0.0962. The predicted molar refractivity (Wildman–Crippen MR) is 102 cm³/mol. The summed E-state index contributed by atoms with van der Waals surface area (Å²) in [5.41, 5.74) is 0.928. The van der Waals surface area contributed by atoms with Crippen molar-refractivity contribution in [3.63, 3.8) is 0 Å². The summed E-state index contributed by atoms with van der Waals surface area (Å²) in [5.74, 6) is 0.730. The number of aryl methyl sites for hydroxylation is 1. The maximum Gasteiger partial charge on any atom is 0.243 e. The van der Waals surface area contributed by atoms with Crippen molar-refractivity contribution >= 4 is 22.5 Å².